The Bertz CT molecular complexity index is 811. The van der Waals surface area contributed by atoms with E-state index in [0.717, 1.165) is 35.4 Å². The SMILES string of the molecule is CCN(CC)CCCNC(=O)c1ccc(Sc2ccc(Br)cc2)c([N+](=O)[O-])c1. The average molecular weight is 466 g/mol. The number of hydrogen-bond donors (Lipinski definition) is 1. The quantitative estimate of drug-likeness (QED) is 0.304. The normalized spacial score (nSPS) is 10.9. The minimum atomic E-state index is -0.446. The number of nitro groups is 1. The molecule has 2 rings (SSSR count). The summed E-state index contributed by atoms with van der Waals surface area (Å²) < 4.78 is 0.944. The fraction of sp³-hybridized carbons (Fsp3) is 0.350. The van der Waals surface area contributed by atoms with Gasteiger partial charge in [0, 0.05) is 27.5 Å². The molecule has 0 aliphatic rings. The van der Waals surface area contributed by atoms with Crippen LogP contribution >= 0.6 is 27.7 Å². The van der Waals surface area contributed by atoms with E-state index >= 15 is 0 Å². The molecule has 1 amide bonds. The smallest absolute Gasteiger partial charge is 0.284 e. The number of nitro benzene ring substituents is 1. The van der Waals surface area contributed by atoms with Crippen molar-refractivity contribution in [3.05, 3.63) is 62.6 Å². The molecule has 0 radical (unpaired) electrons. The minimum Gasteiger partial charge on any atom is -0.352 e. The van der Waals surface area contributed by atoms with Crippen molar-refractivity contribution in [3.8, 4) is 0 Å². The van der Waals surface area contributed by atoms with E-state index in [4.69, 9.17) is 0 Å². The van der Waals surface area contributed by atoms with Gasteiger partial charge in [0.1, 0.15) is 0 Å². The molecule has 0 atom stereocenters. The summed E-state index contributed by atoms with van der Waals surface area (Å²) in [6.45, 7) is 7.63. The van der Waals surface area contributed by atoms with Gasteiger partial charge in [-0.3, -0.25) is 14.9 Å². The molecule has 0 aliphatic carbocycles. The van der Waals surface area contributed by atoms with Crippen LogP contribution in [-0.4, -0.2) is 41.9 Å². The van der Waals surface area contributed by atoms with Gasteiger partial charge in [0.05, 0.1) is 9.82 Å². The van der Waals surface area contributed by atoms with Crippen LogP contribution < -0.4 is 5.32 Å². The number of halogens is 1. The largest absolute Gasteiger partial charge is 0.352 e. The van der Waals surface area contributed by atoms with Crippen LogP contribution in [0.25, 0.3) is 0 Å². The Kier molecular flexibility index (Phi) is 8.95. The van der Waals surface area contributed by atoms with Crippen LogP contribution in [0.3, 0.4) is 0 Å². The van der Waals surface area contributed by atoms with Gasteiger partial charge in [-0.05, 0) is 62.5 Å². The highest BCUT2D eigenvalue weighted by atomic mass is 79.9. The fourth-order valence-corrected chi connectivity index (χ4v) is 3.83. The molecule has 150 valence electrons. The van der Waals surface area contributed by atoms with Crippen molar-refractivity contribution in [2.45, 2.75) is 30.1 Å². The van der Waals surface area contributed by atoms with E-state index in [-0.39, 0.29) is 11.6 Å². The number of nitrogens with one attached hydrogen (secondary N) is 1. The van der Waals surface area contributed by atoms with Crippen molar-refractivity contribution in [2.24, 2.45) is 0 Å². The molecular formula is C20H24BrN3O3S. The van der Waals surface area contributed by atoms with E-state index in [2.05, 4.69) is 40.0 Å². The van der Waals surface area contributed by atoms with Gasteiger partial charge >= 0.3 is 0 Å². The van der Waals surface area contributed by atoms with Gasteiger partial charge in [-0.25, -0.2) is 0 Å². The minimum absolute atomic E-state index is 0.0660. The van der Waals surface area contributed by atoms with Crippen molar-refractivity contribution in [3.63, 3.8) is 0 Å². The highest BCUT2D eigenvalue weighted by molar-refractivity contribution is 9.10. The highest BCUT2D eigenvalue weighted by Crippen LogP contribution is 2.35. The molecule has 2 aromatic carbocycles. The summed E-state index contributed by atoms with van der Waals surface area (Å²) in [4.78, 5) is 27.1. The maximum Gasteiger partial charge on any atom is 0.284 e. The number of carbonyl (C=O) groups is 1. The molecule has 0 unspecified atom stereocenters. The summed E-state index contributed by atoms with van der Waals surface area (Å²) in [5, 5.41) is 14.3. The van der Waals surface area contributed by atoms with Gasteiger partial charge in [-0.2, -0.15) is 0 Å². The Morgan fingerprint density at radius 3 is 2.46 bits per heavy atom. The zero-order valence-electron chi connectivity index (χ0n) is 16.0. The highest BCUT2D eigenvalue weighted by Gasteiger charge is 2.18. The predicted octanol–water partition coefficient (Wildman–Crippen LogP) is 4.97. The van der Waals surface area contributed by atoms with E-state index in [1.165, 1.54) is 17.8 Å². The van der Waals surface area contributed by atoms with E-state index < -0.39 is 4.92 Å². The van der Waals surface area contributed by atoms with Gasteiger partial charge in [0.25, 0.3) is 11.6 Å². The topological polar surface area (TPSA) is 75.5 Å². The molecule has 0 fully saturated rings. The van der Waals surface area contributed by atoms with Crippen molar-refractivity contribution in [1.29, 1.82) is 0 Å². The Morgan fingerprint density at radius 1 is 1.18 bits per heavy atom. The van der Waals surface area contributed by atoms with Crippen molar-refractivity contribution in [2.75, 3.05) is 26.2 Å². The van der Waals surface area contributed by atoms with E-state index in [9.17, 15) is 14.9 Å². The molecule has 28 heavy (non-hydrogen) atoms. The molecular weight excluding hydrogens is 442 g/mol. The van der Waals surface area contributed by atoms with Crippen LogP contribution in [0.15, 0.2) is 56.7 Å². The van der Waals surface area contributed by atoms with Gasteiger partial charge < -0.3 is 10.2 Å². The average Bonchev–Trinajstić information content (AvgIpc) is 2.69. The Balaban J connectivity index is 2.03. The molecule has 0 aromatic heterocycles. The van der Waals surface area contributed by atoms with Crippen LogP contribution in [0.4, 0.5) is 5.69 Å². The predicted molar refractivity (Wildman–Crippen MR) is 116 cm³/mol. The summed E-state index contributed by atoms with van der Waals surface area (Å²) in [5.41, 5.74) is 0.235. The first kappa shape index (κ1) is 22.4. The van der Waals surface area contributed by atoms with Crippen LogP contribution in [0.5, 0.6) is 0 Å². The lowest BCUT2D eigenvalue weighted by Crippen LogP contribution is -2.29. The molecule has 0 saturated carbocycles. The maximum absolute atomic E-state index is 12.4. The molecule has 1 N–H and O–H groups in total. The molecule has 6 nitrogen and oxygen atoms in total. The van der Waals surface area contributed by atoms with Crippen LogP contribution in [0.2, 0.25) is 0 Å². The summed E-state index contributed by atoms with van der Waals surface area (Å²) in [5.74, 6) is -0.289. The summed E-state index contributed by atoms with van der Waals surface area (Å²) in [6.07, 6.45) is 0.840. The van der Waals surface area contributed by atoms with Gasteiger partial charge in [-0.1, -0.05) is 41.5 Å². The second-order valence-corrected chi connectivity index (χ2v) is 8.16. The third-order valence-corrected chi connectivity index (χ3v) is 5.89. The van der Waals surface area contributed by atoms with E-state index in [1.807, 2.05) is 24.3 Å². The zero-order chi connectivity index (χ0) is 20.5. The first-order chi connectivity index (χ1) is 13.4. The van der Waals surface area contributed by atoms with Gasteiger partial charge in [0.2, 0.25) is 0 Å². The molecule has 0 saturated heterocycles. The maximum atomic E-state index is 12.4. The molecule has 8 heteroatoms. The van der Waals surface area contributed by atoms with Gasteiger partial charge in [0.15, 0.2) is 0 Å². The van der Waals surface area contributed by atoms with Crippen molar-refractivity contribution >= 4 is 39.3 Å². The summed E-state index contributed by atoms with van der Waals surface area (Å²) in [6, 6.07) is 12.1. The standard InChI is InChI=1S/C20H24BrN3O3S/c1-3-23(4-2)13-5-12-22-20(25)15-6-11-19(18(14-15)24(26)27)28-17-9-7-16(21)8-10-17/h6-11,14H,3-5,12-13H2,1-2H3,(H,22,25). The van der Waals surface area contributed by atoms with Crippen LogP contribution in [0, 0.1) is 10.1 Å². The molecule has 0 aliphatic heterocycles. The fourth-order valence-electron chi connectivity index (χ4n) is 2.66. The van der Waals surface area contributed by atoms with E-state index in [1.54, 1.807) is 12.1 Å². The van der Waals surface area contributed by atoms with Crippen LogP contribution in [0.1, 0.15) is 30.6 Å². The summed E-state index contributed by atoms with van der Waals surface area (Å²) >= 11 is 4.67. The molecule has 0 spiro atoms. The van der Waals surface area contributed by atoms with Crippen molar-refractivity contribution in [1.82, 2.24) is 10.2 Å². The second-order valence-electron chi connectivity index (χ2n) is 6.13. The Morgan fingerprint density at radius 2 is 1.86 bits per heavy atom. The lowest BCUT2D eigenvalue weighted by atomic mass is 10.2. The monoisotopic (exact) mass is 465 g/mol. The second kappa shape index (κ2) is 11.2. The first-order valence-electron chi connectivity index (χ1n) is 9.17. The number of carbonyl (C=O) groups excluding carboxylic acids is 1. The summed E-state index contributed by atoms with van der Waals surface area (Å²) in [7, 11) is 0. The van der Waals surface area contributed by atoms with Crippen LogP contribution in [-0.2, 0) is 0 Å². The lowest BCUT2D eigenvalue weighted by molar-refractivity contribution is -0.387. The van der Waals surface area contributed by atoms with Crippen molar-refractivity contribution < 1.29 is 9.72 Å². The number of benzene rings is 2. The third kappa shape index (κ3) is 6.61. The number of rotatable bonds is 10. The van der Waals surface area contributed by atoms with Gasteiger partial charge in [-0.15, -0.1) is 0 Å². The molecule has 2 aromatic rings. The third-order valence-electron chi connectivity index (χ3n) is 4.29. The lowest BCUT2D eigenvalue weighted by Gasteiger charge is -2.17. The number of nitrogens with zero attached hydrogens (tertiary/aromatic N) is 2. The Hall–Kier alpha value is -1.90. The Labute approximate surface area is 178 Å². The molecule has 0 heterocycles. The van der Waals surface area contributed by atoms with E-state index in [0.29, 0.717) is 17.0 Å². The zero-order valence-corrected chi connectivity index (χ0v) is 18.4. The first-order valence-corrected chi connectivity index (χ1v) is 10.8. The number of hydrogen-bond acceptors (Lipinski definition) is 5. The molecule has 0 bridgehead atoms. The number of amides is 1.